The van der Waals surface area contributed by atoms with E-state index in [2.05, 4.69) is 5.32 Å². The number of halogens is 1. The van der Waals surface area contributed by atoms with Crippen LogP contribution >= 0.6 is 22.9 Å². The summed E-state index contributed by atoms with van der Waals surface area (Å²) in [7, 11) is 0. The third kappa shape index (κ3) is 6.50. The highest BCUT2D eigenvalue weighted by Crippen LogP contribution is 2.25. The van der Waals surface area contributed by atoms with Crippen LogP contribution in [0.25, 0.3) is 12.2 Å². The zero-order valence-corrected chi connectivity index (χ0v) is 19.3. The molecule has 1 N–H and O–H groups in total. The predicted molar refractivity (Wildman–Crippen MR) is 123 cm³/mol. The summed E-state index contributed by atoms with van der Waals surface area (Å²) in [6, 6.07) is 4.14. The van der Waals surface area contributed by atoms with Gasteiger partial charge >= 0.3 is 5.97 Å². The van der Waals surface area contributed by atoms with Crippen molar-refractivity contribution >= 4 is 52.7 Å². The van der Waals surface area contributed by atoms with Crippen molar-refractivity contribution in [3.8, 4) is 0 Å². The Labute approximate surface area is 197 Å². The lowest BCUT2D eigenvalue weighted by Crippen LogP contribution is -2.40. The highest BCUT2D eigenvalue weighted by Gasteiger charge is 2.17. The van der Waals surface area contributed by atoms with Gasteiger partial charge in [-0.1, -0.05) is 17.7 Å². The second-order valence-corrected chi connectivity index (χ2v) is 8.61. The molecule has 2 aromatic rings. The van der Waals surface area contributed by atoms with Gasteiger partial charge in [-0.25, -0.2) is 4.79 Å². The van der Waals surface area contributed by atoms with Crippen molar-refractivity contribution in [2.45, 2.75) is 32.4 Å². The molecule has 3 rings (SSSR count). The van der Waals surface area contributed by atoms with E-state index in [0.717, 1.165) is 30.3 Å². The number of thiazole rings is 1. The Morgan fingerprint density at radius 3 is 2.91 bits per heavy atom. The van der Waals surface area contributed by atoms with Crippen LogP contribution in [0.15, 0.2) is 23.0 Å². The SMILES string of the molecule is CCOC(=O)/C=c1\s/c(=C/c2ccc(Cl)c([N+](=O)[O-])c2)c(=O)n1CC(=O)NC[C@@H]1CCCO1. The largest absolute Gasteiger partial charge is 0.463 e. The van der Waals surface area contributed by atoms with E-state index in [1.165, 1.54) is 28.8 Å². The topological polar surface area (TPSA) is 130 Å². The van der Waals surface area contributed by atoms with E-state index < -0.39 is 22.4 Å². The molecule has 1 atom stereocenters. The van der Waals surface area contributed by atoms with Crippen LogP contribution in [0.3, 0.4) is 0 Å². The minimum absolute atomic E-state index is 0.0278. The van der Waals surface area contributed by atoms with Gasteiger partial charge in [0.1, 0.15) is 16.2 Å². The van der Waals surface area contributed by atoms with Crippen LogP contribution in [0, 0.1) is 10.1 Å². The molecule has 1 aliphatic heterocycles. The number of carbonyl (C=O) groups is 2. The fourth-order valence-electron chi connectivity index (χ4n) is 3.22. The minimum Gasteiger partial charge on any atom is -0.463 e. The molecule has 1 saturated heterocycles. The molecule has 1 amide bonds. The number of amides is 1. The van der Waals surface area contributed by atoms with Gasteiger partial charge in [-0.2, -0.15) is 0 Å². The molecule has 176 valence electrons. The summed E-state index contributed by atoms with van der Waals surface area (Å²) in [5.74, 6) is -1.06. The molecule has 2 heterocycles. The van der Waals surface area contributed by atoms with E-state index in [9.17, 15) is 24.5 Å². The molecule has 0 radical (unpaired) electrons. The molecule has 0 bridgehead atoms. The van der Waals surface area contributed by atoms with Crippen molar-refractivity contribution in [2.24, 2.45) is 0 Å². The molecular weight excluding hydrogens is 474 g/mol. The normalized spacial score (nSPS) is 16.7. The van der Waals surface area contributed by atoms with Crippen LogP contribution in [0.4, 0.5) is 5.69 Å². The Morgan fingerprint density at radius 1 is 1.45 bits per heavy atom. The van der Waals surface area contributed by atoms with Crippen molar-refractivity contribution in [3.63, 3.8) is 0 Å². The Balaban J connectivity index is 1.96. The van der Waals surface area contributed by atoms with Gasteiger partial charge in [0.2, 0.25) is 5.91 Å². The maximum Gasteiger partial charge on any atom is 0.333 e. The van der Waals surface area contributed by atoms with Crippen molar-refractivity contribution in [2.75, 3.05) is 19.8 Å². The smallest absolute Gasteiger partial charge is 0.333 e. The third-order valence-electron chi connectivity index (χ3n) is 4.78. The Morgan fingerprint density at radius 2 is 2.24 bits per heavy atom. The molecule has 10 nitrogen and oxygen atoms in total. The van der Waals surface area contributed by atoms with Crippen molar-refractivity contribution < 1.29 is 24.0 Å². The van der Waals surface area contributed by atoms with E-state index in [4.69, 9.17) is 21.1 Å². The molecule has 1 aromatic heterocycles. The van der Waals surface area contributed by atoms with E-state index in [0.29, 0.717) is 18.7 Å². The Hall–Kier alpha value is -3.02. The first-order valence-electron chi connectivity index (χ1n) is 10.2. The van der Waals surface area contributed by atoms with Crippen molar-refractivity contribution in [1.82, 2.24) is 9.88 Å². The maximum atomic E-state index is 13.0. The van der Waals surface area contributed by atoms with E-state index >= 15 is 0 Å². The Bertz CT molecular complexity index is 1230. The molecule has 0 spiro atoms. The molecule has 33 heavy (non-hydrogen) atoms. The van der Waals surface area contributed by atoms with E-state index in [1.54, 1.807) is 6.92 Å². The van der Waals surface area contributed by atoms with Crippen LogP contribution in [0.2, 0.25) is 5.02 Å². The number of hydrogen-bond acceptors (Lipinski definition) is 8. The van der Waals surface area contributed by atoms with Gasteiger partial charge < -0.3 is 14.8 Å². The first-order chi connectivity index (χ1) is 15.8. The minimum atomic E-state index is -0.652. The van der Waals surface area contributed by atoms with Gasteiger partial charge in [0.05, 0.1) is 28.2 Å². The number of nitrogens with zero attached hydrogens (tertiary/aromatic N) is 2. The standard InChI is InChI=1S/C21H22ClN3O7S/c1-2-31-20(27)10-19-24(12-18(26)23-11-14-4-3-7-32-14)21(28)17(33-19)9-13-5-6-15(22)16(8-13)25(29)30/h5-6,8-10,14H,2-4,7,11-12H2,1H3,(H,23,26)/b17-9+,19-10-/t14-/m0/s1. The fraction of sp³-hybridized carbons (Fsp3) is 0.381. The predicted octanol–water partition coefficient (Wildman–Crippen LogP) is 0.939. The zero-order valence-electron chi connectivity index (χ0n) is 17.7. The summed E-state index contributed by atoms with van der Waals surface area (Å²) in [6.45, 7) is 2.49. The summed E-state index contributed by atoms with van der Waals surface area (Å²) in [5.41, 5.74) is -0.434. The number of nitrogens with one attached hydrogen (secondary N) is 1. The molecule has 0 saturated carbocycles. The van der Waals surface area contributed by atoms with Crippen LogP contribution in [-0.4, -0.2) is 47.2 Å². The number of rotatable bonds is 8. The first-order valence-corrected chi connectivity index (χ1v) is 11.4. The Kier molecular flexibility index (Phi) is 8.37. The second-order valence-electron chi connectivity index (χ2n) is 7.14. The van der Waals surface area contributed by atoms with Crippen LogP contribution in [0.1, 0.15) is 25.3 Å². The number of ether oxygens (including phenoxy) is 2. The number of aromatic nitrogens is 1. The van der Waals surface area contributed by atoms with Gasteiger partial charge in [0.15, 0.2) is 0 Å². The molecule has 1 fully saturated rings. The number of benzene rings is 1. The average Bonchev–Trinajstić information content (AvgIpc) is 3.38. The highest BCUT2D eigenvalue weighted by molar-refractivity contribution is 7.07. The summed E-state index contributed by atoms with van der Waals surface area (Å²) in [5, 5.41) is 13.9. The summed E-state index contributed by atoms with van der Waals surface area (Å²) in [6.07, 6.45) is 4.32. The lowest BCUT2D eigenvalue weighted by atomic mass is 10.2. The van der Waals surface area contributed by atoms with Gasteiger partial charge in [-0.05, 0) is 37.5 Å². The number of nitro benzene ring substituents is 1. The van der Waals surface area contributed by atoms with Crippen LogP contribution in [0.5, 0.6) is 0 Å². The third-order valence-corrected chi connectivity index (χ3v) is 6.16. The zero-order chi connectivity index (χ0) is 24.0. The summed E-state index contributed by atoms with van der Waals surface area (Å²) < 4.78 is 12.0. The van der Waals surface area contributed by atoms with Crippen molar-refractivity contribution in [3.05, 3.63) is 58.4 Å². The van der Waals surface area contributed by atoms with E-state index in [1.807, 2.05) is 0 Å². The molecule has 0 aliphatic carbocycles. The van der Waals surface area contributed by atoms with Gasteiger partial charge in [0.25, 0.3) is 11.2 Å². The summed E-state index contributed by atoms with van der Waals surface area (Å²) in [4.78, 5) is 48.0. The molecular formula is C21H22ClN3O7S. The van der Waals surface area contributed by atoms with Gasteiger partial charge in [0, 0.05) is 19.2 Å². The average molecular weight is 496 g/mol. The van der Waals surface area contributed by atoms with Crippen LogP contribution in [-0.2, 0) is 25.6 Å². The lowest BCUT2D eigenvalue weighted by Gasteiger charge is -2.10. The quantitative estimate of drug-likeness (QED) is 0.327. The molecule has 1 aliphatic rings. The number of hydrogen-bond donors (Lipinski definition) is 1. The number of carbonyl (C=O) groups excluding carboxylic acids is 2. The summed E-state index contributed by atoms with van der Waals surface area (Å²) >= 11 is 6.82. The second kappa shape index (κ2) is 11.2. The lowest BCUT2D eigenvalue weighted by molar-refractivity contribution is -0.384. The van der Waals surface area contributed by atoms with Gasteiger partial charge in [-0.3, -0.25) is 24.3 Å². The molecule has 12 heteroatoms. The molecule has 1 aromatic carbocycles. The van der Waals surface area contributed by atoms with Crippen LogP contribution < -0.4 is 20.1 Å². The maximum absolute atomic E-state index is 13.0. The molecule has 0 unspecified atom stereocenters. The van der Waals surface area contributed by atoms with Gasteiger partial charge in [-0.15, -0.1) is 11.3 Å². The fourth-order valence-corrected chi connectivity index (χ4v) is 4.44. The number of esters is 1. The van der Waals surface area contributed by atoms with Crippen molar-refractivity contribution in [1.29, 1.82) is 0 Å². The first kappa shape index (κ1) is 24.6. The monoisotopic (exact) mass is 495 g/mol. The number of nitro groups is 1. The van der Waals surface area contributed by atoms with E-state index in [-0.39, 0.29) is 39.2 Å². The highest BCUT2D eigenvalue weighted by atomic mass is 35.5.